The number of aryl methyl sites for hydroxylation is 1. The van der Waals surface area contributed by atoms with Gasteiger partial charge in [0.1, 0.15) is 0 Å². The van der Waals surface area contributed by atoms with Crippen molar-refractivity contribution in [3.63, 3.8) is 0 Å². The van der Waals surface area contributed by atoms with Gasteiger partial charge in [-0.3, -0.25) is 0 Å². The summed E-state index contributed by atoms with van der Waals surface area (Å²) in [6.45, 7) is 1.92. The SMILES string of the molecule is Cc1ccc(C(N)c2cccc(C(F)(F)F)c2Cl)cc1. The largest absolute Gasteiger partial charge is 0.417 e. The van der Waals surface area contributed by atoms with Crippen LogP contribution in [0.25, 0.3) is 0 Å². The number of halogens is 4. The quantitative estimate of drug-likeness (QED) is 0.853. The molecule has 0 heterocycles. The van der Waals surface area contributed by atoms with E-state index in [2.05, 4.69) is 0 Å². The molecule has 20 heavy (non-hydrogen) atoms. The van der Waals surface area contributed by atoms with E-state index in [4.69, 9.17) is 17.3 Å². The Hall–Kier alpha value is -1.52. The van der Waals surface area contributed by atoms with E-state index >= 15 is 0 Å². The standard InChI is InChI=1S/C15H13ClF3N/c1-9-5-7-10(8-6-9)14(20)11-3-2-4-12(13(11)16)15(17,18)19/h2-8,14H,20H2,1H3. The first kappa shape index (κ1) is 14.9. The van der Waals surface area contributed by atoms with Gasteiger partial charge in [0.2, 0.25) is 0 Å². The second-order valence-corrected chi connectivity index (χ2v) is 4.97. The lowest BCUT2D eigenvalue weighted by atomic mass is 9.97. The Balaban J connectivity index is 2.45. The summed E-state index contributed by atoms with van der Waals surface area (Å²) in [5.41, 5.74) is 7.21. The second kappa shape index (κ2) is 5.46. The molecule has 0 saturated heterocycles. The first-order chi connectivity index (χ1) is 9.30. The first-order valence-electron chi connectivity index (χ1n) is 5.98. The smallest absolute Gasteiger partial charge is 0.320 e. The molecule has 0 amide bonds. The fourth-order valence-corrected chi connectivity index (χ4v) is 2.31. The van der Waals surface area contributed by atoms with E-state index in [1.165, 1.54) is 12.1 Å². The lowest BCUT2D eigenvalue weighted by Crippen LogP contribution is -2.15. The van der Waals surface area contributed by atoms with E-state index < -0.39 is 17.8 Å². The van der Waals surface area contributed by atoms with Crippen LogP contribution in [0.5, 0.6) is 0 Å². The second-order valence-electron chi connectivity index (χ2n) is 4.59. The molecule has 1 nitrogen and oxygen atoms in total. The van der Waals surface area contributed by atoms with Crippen molar-refractivity contribution in [1.82, 2.24) is 0 Å². The van der Waals surface area contributed by atoms with Gasteiger partial charge in [0.25, 0.3) is 0 Å². The molecule has 0 aromatic heterocycles. The monoisotopic (exact) mass is 299 g/mol. The number of hydrogen-bond acceptors (Lipinski definition) is 1. The fraction of sp³-hybridized carbons (Fsp3) is 0.200. The van der Waals surface area contributed by atoms with Crippen molar-refractivity contribution < 1.29 is 13.2 Å². The van der Waals surface area contributed by atoms with Gasteiger partial charge >= 0.3 is 6.18 Å². The molecule has 0 radical (unpaired) electrons. The summed E-state index contributed by atoms with van der Waals surface area (Å²) < 4.78 is 38.5. The molecule has 0 spiro atoms. The van der Waals surface area contributed by atoms with E-state index in [9.17, 15) is 13.2 Å². The topological polar surface area (TPSA) is 26.0 Å². The number of hydrogen-bond donors (Lipinski definition) is 1. The first-order valence-corrected chi connectivity index (χ1v) is 6.36. The van der Waals surface area contributed by atoms with Crippen LogP contribution in [0.3, 0.4) is 0 Å². The van der Waals surface area contributed by atoms with Gasteiger partial charge in [-0.05, 0) is 24.1 Å². The molecule has 106 valence electrons. The zero-order valence-electron chi connectivity index (χ0n) is 10.7. The molecule has 2 aromatic carbocycles. The molecule has 0 bridgehead atoms. The zero-order valence-corrected chi connectivity index (χ0v) is 11.5. The van der Waals surface area contributed by atoms with Crippen LogP contribution in [-0.2, 0) is 6.18 Å². The number of benzene rings is 2. The predicted molar refractivity (Wildman–Crippen MR) is 73.7 cm³/mol. The third-order valence-corrected chi connectivity index (χ3v) is 3.53. The molecule has 2 rings (SSSR count). The zero-order chi connectivity index (χ0) is 14.9. The Bertz CT molecular complexity index is 606. The van der Waals surface area contributed by atoms with Crippen LogP contribution in [0.4, 0.5) is 13.2 Å². The summed E-state index contributed by atoms with van der Waals surface area (Å²) in [7, 11) is 0. The van der Waals surface area contributed by atoms with Crippen LogP contribution in [-0.4, -0.2) is 0 Å². The Morgan fingerprint density at radius 1 is 1.05 bits per heavy atom. The highest BCUT2D eigenvalue weighted by Crippen LogP contribution is 2.38. The highest BCUT2D eigenvalue weighted by molar-refractivity contribution is 6.32. The third kappa shape index (κ3) is 2.97. The Morgan fingerprint density at radius 3 is 2.20 bits per heavy atom. The van der Waals surface area contributed by atoms with Crippen molar-refractivity contribution in [2.75, 3.05) is 0 Å². The van der Waals surface area contributed by atoms with Crippen molar-refractivity contribution in [1.29, 1.82) is 0 Å². The van der Waals surface area contributed by atoms with Crippen LogP contribution in [0, 0.1) is 6.92 Å². The van der Waals surface area contributed by atoms with Gasteiger partial charge in [-0.2, -0.15) is 13.2 Å². The Labute approximate surface area is 120 Å². The van der Waals surface area contributed by atoms with E-state index in [0.717, 1.165) is 17.2 Å². The average Bonchev–Trinajstić information content (AvgIpc) is 2.37. The van der Waals surface area contributed by atoms with Gasteiger partial charge in [0, 0.05) is 0 Å². The van der Waals surface area contributed by atoms with Crippen LogP contribution in [0.2, 0.25) is 5.02 Å². The maximum atomic E-state index is 12.8. The summed E-state index contributed by atoms with van der Waals surface area (Å²) in [4.78, 5) is 0. The van der Waals surface area contributed by atoms with E-state index in [0.29, 0.717) is 0 Å². The van der Waals surface area contributed by atoms with Gasteiger partial charge in [-0.25, -0.2) is 0 Å². The minimum absolute atomic E-state index is 0.269. The van der Waals surface area contributed by atoms with Crippen molar-refractivity contribution in [3.05, 3.63) is 69.7 Å². The van der Waals surface area contributed by atoms with Crippen LogP contribution < -0.4 is 5.73 Å². The minimum Gasteiger partial charge on any atom is -0.320 e. The van der Waals surface area contributed by atoms with Crippen molar-refractivity contribution in [2.24, 2.45) is 5.73 Å². The molecule has 0 aliphatic heterocycles. The molecule has 0 fully saturated rings. The molecule has 5 heteroatoms. The third-order valence-electron chi connectivity index (χ3n) is 3.11. The average molecular weight is 300 g/mol. The van der Waals surface area contributed by atoms with Gasteiger partial charge < -0.3 is 5.73 Å². The normalized spacial score (nSPS) is 13.3. The minimum atomic E-state index is -4.49. The van der Waals surface area contributed by atoms with Crippen molar-refractivity contribution in [3.8, 4) is 0 Å². The van der Waals surface area contributed by atoms with Crippen LogP contribution >= 0.6 is 11.6 Å². The fourth-order valence-electron chi connectivity index (χ4n) is 1.96. The van der Waals surface area contributed by atoms with Crippen LogP contribution in [0.15, 0.2) is 42.5 Å². The summed E-state index contributed by atoms with van der Waals surface area (Å²) in [6, 6.07) is 10.4. The predicted octanol–water partition coefficient (Wildman–Crippen LogP) is 4.72. The lowest BCUT2D eigenvalue weighted by Gasteiger charge is -2.17. The highest BCUT2D eigenvalue weighted by atomic mass is 35.5. The Morgan fingerprint density at radius 2 is 1.65 bits per heavy atom. The molecule has 2 N–H and O–H groups in total. The lowest BCUT2D eigenvalue weighted by molar-refractivity contribution is -0.137. The van der Waals surface area contributed by atoms with Gasteiger partial charge in [0.05, 0.1) is 16.6 Å². The van der Waals surface area contributed by atoms with Gasteiger partial charge in [-0.15, -0.1) is 0 Å². The molecule has 0 aliphatic rings. The highest BCUT2D eigenvalue weighted by Gasteiger charge is 2.34. The molecule has 1 unspecified atom stereocenters. The summed E-state index contributed by atoms with van der Waals surface area (Å²) in [5, 5.41) is -0.340. The van der Waals surface area contributed by atoms with Crippen LogP contribution in [0.1, 0.15) is 28.3 Å². The maximum absolute atomic E-state index is 12.8. The number of nitrogens with two attached hydrogens (primary N) is 1. The van der Waals surface area contributed by atoms with Gasteiger partial charge in [0.15, 0.2) is 0 Å². The number of rotatable bonds is 2. The van der Waals surface area contributed by atoms with E-state index in [1.807, 2.05) is 19.1 Å². The van der Waals surface area contributed by atoms with Gasteiger partial charge in [-0.1, -0.05) is 53.6 Å². The van der Waals surface area contributed by atoms with E-state index in [1.54, 1.807) is 12.1 Å². The van der Waals surface area contributed by atoms with E-state index in [-0.39, 0.29) is 10.6 Å². The van der Waals surface area contributed by atoms with Crippen molar-refractivity contribution in [2.45, 2.75) is 19.1 Å². The maximum Gasteiger partial charge on any atom is 0.417 e. The molecular formula is C15H13ClF3N. The summed E-state index contributed by atoms with van der Waals surface area (Å²) >= 11 is 5.87. The summed E-state index contributed by atoms with van der Waals surface area (Å²) in [6.07, 6.45) is -4.49. The molecular weight excluding hydrogens is 287 g/mol. The molecule has 1 atom stereocenters. The summed E-state index contributed by atoms with van der Waals surface area (Å²) in [5.74, 6) is 0. The molecule has 2 aromatic rings. The number of alkyl halides is 3. The molecule has 0 aliphatic carbocycles. The molecule has 0 saturated carbocycles. The Kier molecular flexibility index (Phi) is 4.06. The van der Waals surface area contributed by atoms with Crippen molar-refractivity contribution >= 4 is 11.6 Å².